The molecule has 10 nitrogen and oxygen atoms in total. The molecule has 0 atom stereocenters. The van der Waals surface area contributed by atoms with Gasteiger partial charge in [0.25, 0.3) is 0 Å². The van der Waals surface area contributed by atoms with Gasteiger partial charge in [-0.05, 0) is 49.4 Å². The minimum atomic E-state index is -0.109. The Kier molecular flexibility index (Phi) is 7.83. The van der Waals surface area contributed by atoms with E-state index in [-0.39, 0.29) is 11.5 Å². The third-order valence-corrected chi connectivity index (χ3v) is 7.51. The number of nitrogens with zero attached hydrogens (tertiary/aromatic N) is 4. The van der Waals surface area contributed by atoms with E-state index in [1.165, 1.54) is 11.3 Å². The predicted molar refractivity (Wildman–Crippen MR) is 148 cm³/mol. The number of aryl methyl sites for hydroxylation is 1. The van der Waals surface area contributed by atoms with Gasteiger partial charge in [-0.1, -0.05) is 0 Å². The molecule has 4 aromatic rings. The van der Waals surface area contributed by atoms with Crippen LogP contribution in [0.15, 0.2) is 46.8 Å². The molecular weight excluding hydrogens is 504 g/mol. The Morgan fingerprint density at radius 3 is 2.71 bits per heavy atom. The summed E-state index contributed by atoms with van der Waals surface area (Å²) in [5.74, 6) is 2.85. The lowest BCUT2D eigenvalue weighted by Gasteiger charge is -2.31. The number of piperidine rings is 1. The van der Waals surface area contributed by atoms with E-state index in [1.807, 2.05) is 24.3 Å². The minimum Gasteiger partial charge on any atom is -0.493 e. The number of pyridine rings is 1. The van der Waals surface area contributed by atoms with E-state index < -0.39 is 0 Å². The molecule has 0 amide bonds. The van der Waals surface area contributed by atoms with Crippen molar-refractivity contribution >= 4 is 44.9 Å². The van der Waals surface area contributed by atoms with Crippen LogP contribution in [-0.4, -0.2) is 53.0 Å². The van der Waals surface area contributed by atoms with Crippen molar-refractivity contribution in [3.8, 4) is 11.5 Å². The lowest BCUT2D eigenvalue weighted by atomic mass is 9.90. The summed E-state index contributed by atoms with van der Waals surface area (Å²) < 4.78 is 10.8. The molecule has 4 heterocycles. The molecule has 2 N–H and O–H groups in total. The molecule has 0 radical (unpaired) electrons. The van der Waals surface area contributed by atoms with E-state index in [0.29, 0.717) is 54.1 Å². The van der Waals surface area contributed by atoms with Gasteiger partial charge in [0.2, 0.25) is 11.5 Å². The largest absolute Gasteiger partial charge is 0.493 e. The Morgan fingerprint density at radius 2 is 1.95 bits per heavy atom. The fraction of sp³-hybridized carbons (Fsp3) is 0.370. The van der Waals surface area contributed by atoms with E-state index in [0.717, 1.165) is 41.8 Å². The summed E-state index contributed by atoms with van der Waals surface area (Å²) >= 11 is 1.47. The molecular formula is C27H30N6O4S. The van der Waals surface area contributed by atoms with Crippen LogP contribution < -0.4 is 25.2 Å². The average molecular weight is 535 g/mol. The highest BCUT2D eigenvalue weighted by atomic mass is 32.1. The maximum absolute atomic E-state index is 12.8. The highest BCUT2D eigenvalue weighted by Crippen LogP contribution is 2.34. The van der Waals surface area contributed by atoms with Gasteiger partial charge in [0, 0.05) is 49.4 Å². The number of fused-ring (bicyclic) bond motifs is 1. The number of rotatable bonds is 10. The topological polar surface area (TPSA) is 122 Å². The number of H-pyrrole nitrogens is 1. The number of thiazole rings is 1. The summed E-state index contributed by atoms with van der Waals surface area (Å²) in [4.78, 5) is 43.9. The molecule has 0 saturated carbocycles. The molecule has 1 aromatic carbocycles. The number of benzene rings is 1. The van der Waals surface area contributed by atoms with Crippen LogP contribution in [0.4, 0.5) is 17.5 Å². The Bertz CT molecular complexity index is 1480. The van der Waals surface area contributed by atoms with Crippen LogP contribution in [0.25, 0.3) is 10.3 Å². The molecule has 5 rings (SSSR count). The second-order valence-corrected chi connectivity index (χ2v) is 10.0. The standard InChI is InChI=1S/C27H30N6O4S/c1-36-21-7-6-19(15-22(21)37-2)30-25-24-26(38-16-29-24)32-27(31-25)33-12-9-18(10-13-33)20(34)5-3-4-17-8-11-28-23(35)14-17/h6-8,11,14-16,18H,3-5,9-10,12-13H2,1-2H3,(H,28,35)(H,30,31,32). The number of carbonyl (C=O) groups excluding carboxylic acids is 1. The van der Waals surface area contributed by atoms with Gasteiger partial charge < -0.3 is 24.7 Å². The SMILES string of the molecule is COc1ccc(Nc2nc(N3CCC(C(=O)CCCc4cc[nH]c(=O)c4)CC3)nc3scnc23)cc1OC. The summed E-state index contributed by atoms with van der Waals surface area (Å²) in [5, 5.41) is 3.36. The van der Waals surface area contributed by atoms with E-state index in [9.17, 15) is 9.59 Å². The molecule has 1 aliphatic rings. The second kappa shape index (κ2) is 11.6. The number of hydrogen-bond acceptors (Lipinski definition) is 10. The van der Waals surface area contributed by atoms with Gasteiger partial charge in [-0.3, -0.25) is 9.59 Å². The van der Waals surface area contributed by atoms with E-state index >= 15 is 0 Å². The number of Topliss-reactive ketones (excluding diaryl/α,β-unsaturated/α-hetero) is 1. The number of ketones is 1. The highest BCUT2D eigenvalue weighted by Gasteiger charge is 2.26. The molecule has 1 aliphatic heterocycles. The van der Waals surface area contributed by atoms with Crippen molar-refractivity contribution in [1.82, 2.24) is 19.9 Å². The van der Waals surface area contributed by atoms with Crippen LogP contribution in [0.1, 0.15) is 31.2 Å². The third kappa shape index (κ3) is 5.77. The van der Waals surface area contributed by atoms with Gasteiger partial charge in [0.1, 0.15) is 11.3 Å². The zero-order chi connectivity index (χ0) is 26.5. The summed E-state index contributed by atoms with van der Waals surface area (Å²) in [7, 11) is 3.20. The summed E-state index contributed by atoms with van der Waals surface area (Å²) in [5.41, 5.74) is 4.12. The number of carbonyl (C=O) groups is 1. The minimum absolute atomic E-state index is 0.0434. The summed E-state index contributed by atoms with van der Waals surface area (Å²) in [6.45, 7) is 1.43. The second-order valence-electron chi connectivity index (χ2n) is 9.22. The van der Waals surface area contributed by atoms with Crippen molar-refractivity contribution in [2.24, 2.45) is 5.92 Å². The first-order chi connectivity index (χ1) is 18.5. The molecule has 1 fully saturated rings. The van der Waals surface area contributed by atoms with Gasteiger partial charge in [-0.25, -0.2) is 4.98 Å². The lowest BCUT2D eigenvalue weighted by Crippen LogP contribution is -2.37. The first kappa shape index (κ1) is 25.7. The molecule has 0 unspecified atom stereocenters. The van der Waals surface area contributed by atoms with Crippen LogP contribution in [0.2, 0.25) is 0 Å². The molecule has 3 aromatic heterocycles. The van der Waals surface area contributed by atoms with Crippen LogP contribution >= 0.6 is 11.3 Å². The van der Waals surface area contributed by atoms with Crippen molar-refractivity contribution in [3.05, 3.63) is 58.0 Å². The Hall–Kier alpha value is -3.99. The number of anilines is 3. The maximum atomic E-state index is 12.8. The van der Waals surface area contributed by atoms with Crippen molar-refractivity contribution < 1.29 is 14.3 Å². The van der Waals surface area contributed by atoms with Crippen molar-refractivity contribution in [2.75, 3.05) is 37.5 Å². The Balaban J connectivity index is 1.23. The van der Waals surface area contributed by atoms with E-state index in [2.05, 4.69) is 20.2 Å². The molecule has 0 aliphatic carbocycles. The molecule has 0 bridgehead atoms. The Labute approximate surface area is 224 Å². The fourth-order valence-corrected chi connectivity index (χ4v) is 5.40. The number of ether oxygens (including phenoxy) is 2. The number of aromatic amines is 1. The maximum Gasteiger partial charge on any atom is 0.248 e. The van der Waals surface area contributed by atoms with Gasteiger partial charge >= 0.3 is 0 Å². The van der Waals surface area contributed by atoms with Crippen LogP contribution in [0.5, 0.6) is 11.5 Å². The predicted octanol–water partition coefficient (Wildman–Crippen LogP) is 4.34. The first-order valence-electron chi connectivity index (χ1n) is 12.6. The van der Waals surface area contributed by atoms with Crippen LogP contribution in [0.3, 0.4) is 0 Å². The number of nitrogens with one attached hydrogen (secondary N) is 2. The normalized spacial score (nSPS) is 14.0. The quantitative estimate of drug-likeness (QED) is 0.306. The van der Waals surface area contributed by atoms with Crippen LogP contribution in [0, 0.1) is 5.92 Å². The van der Waals surface area contributed by atoms with Gasteiger partial charge in [-0.15, -0.1) is 11.3 Å². The Morgan fingerprint density at radius 1 is 1.13 bits per heavy atom. The number of aromatic nitrogens is 4. The third-order valence-electron chi connectivity index (χ3n) is 6.79. The van der Waals surface area contributed by atoms with E-state index in [1.54, 1.807) is 32.0 Å². The monoisotopic (exact) mass is 534 g/mol. The molecule has 198 valence electrons. The highest BCUT2D eigenvalue weighted by molar-refractivity contribution is 7.16. The lowest BCUT2D eigenvalue weighted by molar-refractivity contribution is -0.123. The van der Waals surface area contributed by atoms with Gasteiger partial charge in [0.05, 0.1) is 19.7 Å². The van der Waals surface area contributed by atoms with Crippen molar-refractivity contribution in [2.45, 2.75) is 32.1 Å². The number of methoxy groups -OCH3 is 2. The molecule has 1 saturated heterocycles. The van der Waals surface area contributed by atoms with Crippen LogP contribution in [-0.2, 0) is 11.2 Å². The molecule has 0 spiro atoms. The molecule has 38 heavy (non-hydrogen) atoms. The van der Waals surface area contributed by atoms with Gasteiger partial charge in [0.15, 0.2) is 22.1 Å². The number of hydrogen-bond donors (Lipinski definition) is 2. The van der Waals surface area contributed by atoms with Crippen molar-refractivity contribution in [3.63, 3.8) is 0 Å². The smallest absolute Gasteiger partial charge is 0.248 e. The summed E-state index contributed by atoms with van der Waals surface area (Å²) in [6.07, 6.45) is 5.19. The average Bonchev–Trinajstić information content (AvgIpc) is 3.42. The fourth-order valence-electron chi connectivity index (χ4n) is 4.75. The zero-order valence-electron chi connectivity index (χ0n) is 21.4. The van der Waals surface area contributed by atoms with Gasteiger partial charge in [-0.2, -0.15) is 9.97 Å². The van der Waals surface area contributed by atoms with E-state index in [4.69, 9.17) is 19.4 Å². The molecule has 11 heteroatoms. The van der Waals surface area contributed by atoms with Crippen molar-refractivity contribution in [1.29, 1.82) is 0 Å². The first-order valence-corrected chi connectivity index (χ1v) is 13.5. The summed E-state index contributed by atoms with van der Waals surface area (Å²) in [6, 6.07) is 9.07. The zero-order valence-corrected chi connectivity index (χ0v) is 22.2.